The Hall–Kier alpha value is -3.49. The van der Waals surface area contributed by atoms with E-state index in [9.17, 15) is 9.59 Å². The molecule has 0 atom stereocenters. The molecule has 0 N–H and O–H groups in total. The van der Waals surface area contributed by atoms with Crippen LogP contribution in [0.4, 0.5) is 5.69 Å². The molecule has 0 bridgehead atoms. The Labute approximate surface area is 186 Å². The van der Waals surface area contributed by atoms with E-state index in [1.807, 2.05) is 45.9 Å². The number of aromatic nitrogens is 4. The van der Waals surface area contributed by atoms with Crippen molar-refractivity contribution in [3.63, 3.8) is 0 Å². The molecule has 0 unspecified atom stereocenters. The maximum absolute atomic E-state index is 12.9. The first-order chi connectivity index (χ1) is 15.3. The van der Waals surface area contributed by atoms with Gasteiger partial charge < -0.3 is 14.5 Å². The van der Waals surface area contributed by atoms with Crippen LogP contribution in [-0.4, -0.2) is 62.8 Å². The third kappa shape index (κ3) is 4.42. The summed E-state index contributed by atoms with van der Waals surface area (Å²) in [5.74, 6) is 0.422. The van der Waals surface area contributed by atoms with Crippen LogP contribution < -0.4 is 15.2 Å². The van der Waals surface area contributed by atoms with Crippen LogP contribution in [-0.2, 0) is 0 Å². The molecule has 1 aliphatic rings. The van der Waals surface area contributed by atoms with Gasteiger partial charge in [0, 0.05) is 37.9 Å². The molecule has 0 aliphatic carbocycles. The number of ether oxygens (including phenoxy) is 1. The van der Waals surface area contributed by atoms with E-state index < -0.39 is 0 Å². The van der Waals surface area contributed by atoms with Gasteiger partial charge in [-0.15, -0.1) is 0 Å². The lowest BCUT2D eigenvalue weighted by Gasteiger charge is -2.36. The van der Waals surface area contributed by atoms with Gasteiger partial charge in [0.25, 0.3) is 11.5 Å². The van der Waals surface area contributed by atoms with Gasteiger partial charge in [-0.3, -0.25) is 9.59 Å². The Balaban J connectivity index is 1.49. The lowest BCUT2D eigenvalue weighted by atomic mass is 10.1. The van der Waals surface area contributed by atoms with Crippen LogP contribution in [0.1, 0.15) is 44.2 Å². The van der Waals surface area contributed by atoms with Crippen LogP contribution in [0.3, 0.4) is 0 Å². The molecule has 0 saturated carbocycles. The monoisotopic (exact) mass is 436 g/mol. The molecule has 9 heteroatoms. The highest BCUT2D eigenvalue weighted by atomic mass is 16.5. The van der Waals surface area contributed by atoms with Crippen molar-refractivity contribution in [3.05, 3.63) is 52.7 Å². The number of amides is 1. The quantitative estimate of drug-likeness (QED) is 0.607. The number of rotatable bonds is 5. The summed E-state index contributed by atoms with van der Waals surface area (Å²) < 4.78 is 7.19. The third-order valence-electron chi connectivity index (χ3n) is 5.40. The standard InChI is InChI=1S/C23H28N6O3/c1-15(2)29-21(30)8-7-20(26-29)23(31)28-11-9-27(10-12-28)17-5-6-19-18(13-17)22(25-14-24-19)32-16(3)4/h5-8,13-16H,9-12H2,1-4H3. The summed E-state index contributed by atoms with van der Waals surface area (Å²) in [4.78, 5) is 37.5. The smallest absolute Gasteiger partial charge is 0.274 e. The molecular weight excluding hydrogens is 408 g/mol. The highest BCUT2D eigenvalue weighted by Crippen LogP contribution is 2.28. The van der Waals surface area contributed by atoms with Crippen molar-refractivity contribution in [2.24, 2.45) is 0 Å². The lowest BCUT2D eigenvalue weighted by molar-refractivity contribution is 0.0737. The molecule has 4 rings (SSSR count). The van der Waals surface area contributed by atoms with Gasteiger partial charge in [-0.25, -0.2) is 14.6 Å². The molecule has 0 spiro atoms. The topological polar surface area (TPSA) is 93.5 Å². The van der Waals surface area contributed by atoms with Gasteiger partial charge in [-0.05, 0) is 52.0 Å². The zero-order valence-electron chi connectivity index (χ0n) is 18.9. The minimum atomic E-state index is -0.206. The largest absolute Gasteiger partial charge is 0.474 e. The van der Waals surface area contributed by atoms with Gasteiger partial charge in [0.2, 0.25) is 5.88 Å². The van der Waals surface area contributed by atoms with Crippen LogP contribution >= 0.6 is 0 Å². The van der Waals surface area contributed by atoms with Crippen molar-refractivity contribution in [1.29, 1.82) is 0 Å². The van der Waals surface area contributed by atoms with Gasteiger partial charge in [-0.2, -0.15) is 5.10 Å². The van der Waals surface area contributed by atoms with E-state index in [1.54, 1.807) is 4.90 Å². The van der Waals surface area contributed by atoms with Gasteiger partial charge in [-0.1, -0.05) is 0 Å². The van der Waals surface area contributed by atoms with Gasteiger partial charge in [0.05, 0.1) is 23.0 Å². The van der Waals surface area contributed by atoms with E-state index in [4.69, 9.17) is 4.74 Å². The fraction of sp³-hybridized carbons (Fsp3) is 0.435. The second kappa shape index (κ2) is 8.94. The first kappa shape index (κ1) is 21.7. The minimum absolute atomic E-state index is 0.0185. The van der Waals surface area contributed by atoms with Crippen molar-refractivity contribution < 1.29 is 9.53 Å². The molecule has 1 aromatic carbocycles. The molecule has 0 radical (unpaired) electrons. The zero-order valence-corrected chi connectivity index (χ0v) is 18.9. The van der Waals surface area contributed by atoms with Crippen LogP contribution in [0, 0.1) is 0 Å². The van der Waals surface area contributed by atoms with Crippen molar-refractivity contribution in [2.45, 2.75) is 39.8 Å². The van der Waals surface area contributed by atoms with E-state index in [0.29, 0.717) is 37.8 Å². The second-order valence-corrected chi connectivity index (χ2v) is 8.42. The van der Waals surface area contributed by atoms with Gasteiger partial charge >= 0.3 is 0 Å². The number of anilines is 1. The molecule has 2 aromatic heterocycles. The Morgan fingerprint density at radius 1 is 1.00 bits per heavy atom. The molecule has 1 aliphatic heterocycles. The maximum Gasteiger partial charge on any atom is 0.274 e. The molecule has 3 heterocycles. The van der Waals surface area contributed by atoms with Crippen molar-refractivity contribution in [3.8, 4) is 5.88 Å². The van der Waals surface area contributed by atoms with Crippen molar-refractivity contribution in [2.75, 3.05) is 31.1 Å². The van der Waals surface area contributed by atoms with Gasteiger partial charge in [0.1, 0.15) is 12.0 Å². The van der Waals surface area contributed by atoms with E-state index in [1.165, 1.54) is 23.1 Å². The molecule has 32 heavy (non-hydrogen) atoms. The number of benzene rings is 1. The fourth-order valence-electron chi connectivity index (χ4n) is 3.77. The van der Waals surface area contributed by atoms with E-state index >= 15 is 0 Å². The molecule has 168 valence electrons. The van der Waals surface area contributed by atoms with E-state index in [0.717, 1.165) is 16.6 Å². The summed E-state index contributed by atoms with van der Waals surface area (Å²) in [5.41, 5.74) is 1.96. The number of piperazine rings is 1. The predicted octanol–water partition coefficient (Wildman–Crippen LogP) is 2.52. The van der Waals surface area contributed by atoms with Crippen molar-refractivity contribution >= 4 is 22.5 Å². The molecule has 3 aromatic rings. The van der Waals surface area contributed by atoms with Crippen LogP contribution in [0.15, 0.2) is 41.5 Å². The summed E-state index contributed by atoms with van der Waals surface area (Å²) in [5, 5.41) is 5.14. The minimum Gasteiger partial charge on any atom is -0.474 e. The maximum atomic E-state index is 12.9. The fourth-order valence-corrected chi connectivity index (χ4v) is 3.77. The summed E-state index contributed by atoms with van der Waals surface area (Å²) in [6.07, 6.45) is 1.53. The number of nitrogens with zero attached hydrogens (tertiary/aromatic N) is 6. The number of carbonyl (C=O) groups excluding carboxylic acids is 1. The Morgan fingerprint density at radius 2 is 1.75 bits per heavy atom. The summed E-state index contributed by atoms with van der Waals surface area (Å²) in [6.45, 7) is 10.2. The highest BCUT2D eigenvalue weighted by Gasteiger charge is 2.24. The normalized spacial score (nSPS) is 14.4. The highest BCUT2D eigenvalue weighted by molar-refractivity contribution is 5.92. The SMILES string of the molecule is CC(C)Oc1ncnc2ccc(N3CCN(C(=O)c4ccc(=O)n(C(C)C)n4)CC3)cc12. The van der Waals surface area contributed by atoms with E-state index in [2.05, 4.69) is 20.0 Å². The van der Waals surface area contributed by atoms with E-state index in [-0.39, 0.29) is 23.6 Å². The van der Waals surface area contributed by atoms with Crippen LogP contribution in [0.25, 0.3) is 10.9 Å². The average Bonchev–Trinajstić information content (AvgIpc) is 2.78. The number of hydrogen-bond donors (Lipinski definition) is 0. The first-order valence-corrected chi connectivity index (χ1v) is 10.9. The Kier molecular flexibility index (Phi) is 6.07. The molecular formula is C23H28N6O3. The van der Waals surface area contributed by atoms with Gasteiger partial charge in [0.15, 0.2) is 0 Å². The summed E-state index contributed by atoms with van der Waals surface area (Å²) >= 11 is 0. The van der Waals surface area contributed by atoms with Crippen LogP contribution in [0.5, 0.6) is 5.88 Å². The molecule has 1 saturated heterocycles. The zero-order chi connectivity index (χ0) is 22.8. The number of fused-ring (bicyclic) bond motifs is 1. The number of carbonyl (C=O) groups is 1. The first-order valence-electron chi connectivity index (χ1n) is 10.9. The summed E-state index contributed by atoms with van der Waals surface area (Å²) in [6, 6.07) is 8.86. The third-order valence-corrected chi connectivity index (χ3v) is 5.40. The Bertz CT molecular complexity index is 1180. The molecule has 1 amide bonds. The van der Waals surface area contributed by atoms with Crippen molar-refractivity contribution in [1.82, 2.24) is 24.6 Å². The lowest BCUT2D eigenvalue weighted by Crippen LogP contribution is -2.49. The molecule has 1 fully saturated rings. The molecule has 9 nitrogen and oxygen atoms in total. The average molecular weight is 437 g/mol. The number of hydrogen-bond acceptors (Lipinski definition) is 7. The second-order valence-electron chi connectivity index (χ2n) is 8.42. The Morgan fingerprint density at radius 3 is 2.44 bits per heavy atom. The van der Waals surface area contributed by atoms with Crippen LogP contribution in [0.2, 0.25) is 0 Å². The summed E-state index contributed by atoms with van der Waals surface area (Å²) in [7, 11) is 0. The predicted molar refractivity (Wildman–Crippen MR) is 122 cm³/mol.